The first-order valence-electron chi connectivity index (χ1n) is 7.76. The van der Waals surface area contributed by atoms with E-state index in [2.05, 4.69) is 5.32 Å². The zero-order chi connectivity index (χ0) is 18.1. The minimum absolute atomic E-state index is 0.160. The molecule has 0 radical (unpaired) electrons. The third-order valence-corrected chi connectivity index (χ3v) is 4.07. The molecular formula is C18H18N2O4S. The summed E-state index contributed by atoms with van der Waals surface area (Å²) in [6, 6.07) is 12.9. The number of benzene rings is 1. The van der Waals surface area contributed by atoms with Crippen LogP contribution in [-0.2, 0) is 14.3 Å². The number of ether oxygens (including phenoxy) is 2. The van der Waals surface area contributed by atoms with Crippen LogP contribution in [0.15, 0.2) is 41.8 Å². The third-order valence-electron chi connectivity index (χ3n) is 3.24. The van der Waals surface area contributed by atoms with Crippen LogP contribution in [0.4, 0.5) is 5.00 Å². The summed E-state index contributed by atoms with van der Waals surface area (Å²) in [6.07, 6.45) is -0.283. The van der Waals surface area contributed by atoms with Crippen LogP contribution in [0.2, 0.25) is 0 Å². The van der Waals surface area contributed by atoms with Crippen LogP contribution in [0.1, 0.15) is 25.3 Å². The topological polar surface area (TPSA) is 88.4 Å². The highest BCUT2D eigenvalue weighted by atomic mass is 32.1. The minimum atomic E-state index is -0.934. The minimum Gasteiger partial charge on any atom is -0.494 e. The second-order valence-electron chi connectivity index (χ2n) is 5.16. The fourth-order valence-corrected chi connectivity index (χ4v) is 2.68. The lowest BCUT2D eigenvalue weighted by Gasteiger charge is -2.13. The van der Waals surface area contributed by atoms with E-state index in [9.17, 15) is 9.59 Å². The Labute approximate surface area is 150 Å². The highest BCUT2D eigenvalue weighted by molar-refractivity contribution is 7.14. The average molecular weight is 358 g/mol. The van der Waals surface area contributed by atoms with Gasteiger partial charge in [-0.3, -0.25) is 9.59 Å². The van der Waals surface area contributed by atoms with Crippen LogP contribution >= 0.6 is 11.3 Å². The number of nitrogens with zero attached hydrogens (tertiary/aromatic N) is 1. The maximum Gasteiger partial charge on any atom is 0.306 e. The number of para-hydroxylation sites is 1. The van der Waals surface area contributed by atoms with Crippen molar-refractivity contribution in [1.82, 2.24) is 0 Å². The van der Waals surface area contributed by atoms with E-state index >= 15 is 0 Å². The molecule has 1 amide bonds. The summed E-state index contributed by atoms with van der Waals surface area (Å²) in [7, 11) is 0. The molecule has 2 aromatic rings. The van der Waals surface area contributed by atoms with Gasteiger partial charge in [-0.25, -0.2) is 0 Å². The summed E-state index contributed by atoms with van der Waals surface area (Å²) < 4.78 is 10.6. The number of hydrogen-bond donors (Lipinski definition) is 1. The molecule has 1 aromatic heterocycles. The summed E-state index contributed by atoms with van der Waals surface area (Å²) in [5.74, 6) is -0.188. The molecule has 1 aromatic carbocycles. The van der Waals surface area contributed by atoms with Crippen molar-refractivity contribution in [2.75, 3.05) is 11.9 Å². The molecule has 1 atom stereocenters. The van der Waals surface area contributed by atoms with Crippen LogP contribution in [0.3, 0.4) is 0 Å². The molecule has 0 aliphatic carbocycles. The molecule has 25 heavy (non-hydrogen) atoms. The quantitative estimate of drug-likeness (QED) is 0.577. The van der Waals surface area contributed by atoms with Crippen molar-refractivity contribution >= 4 is 28.2 Å². The Morgan fingerprint density at radius 3 is 2.76 bits per heavy atom. The van der Waals surface area contributed by atoms with Gasteiger partial charge in [0.1, 0.15) is 16.8 Å². The van der Waals surface area contributed by atoms with Gasteiger partial charge in [0.05, 0.1) is 12.2 Å². The van der Waals surface area contributed by atoms with E-state index in [1.165, 1.54) is 18.3 Å². The maximum absolute atomic E-state index is 12.0. The van der Waals surface area contributed by atoms with Crippen LogP contribution in [0.25, 0.3) is 0 Å². The molecule has 130 valence electrons. The number of esters is 1. The van der Waals surface area contributed by atoms with Gasteiger partial charge >= 0.3 is 5.97 Å². The van der Waals surface area contributed by atoms with E-state index in [0.29, 0.717) is 23.6 Å². The molecule has 0 fully saturated rings. The Bertz CT molecular complexity index is 752. The standard InChI is InChI=1S/C18H18N2O4S/c1-13(17(22)20-18-14(12-19)9-11-25-18)24-16(21)8-5-10-23-15-6-3-2-4-7-15/h2-4,6-7,9,11,13H,5,8,10H2,1H3,(H,20,22)/t13-/m0/s1. The Kier molecular flexibility index (Phi) is 6.99. The molecule has 0 aliphatic heterocycles. The summed E-state index contributed by atoms with van der Waals surface area (Å²) in [4.78, 5) is 23.8. The molecule has 0 saturated carbocycles. The number of carbonyl (C=O) groups excluding carboxylic acids is 2. The molecule has 1 N–H and O–H groups in total. The van der Waals surface area contributed by atoms with Gasteiger partial charge in [0, 0.05) is 6.42 Å². The second-order valence-corrected chi connectivity index (χ2v) is 6.08. The molecule has 0 unspecified atom stereocenters. The van der Waals surface area contributed by atoms with E-state index in [4.69, 9.17) is 14.7 Å². The monoisotopic (exact) mass is 358 g/mol. The first kappa shape index (κ1) is 18.5. The number of anilines is 1. The predicted molar refractivity (Wildman–Crippen MR) is 94.4 cm³/mol. The van der Waals surface area contributed by atoms with E-state index in [1.807, 2.05) is 36.4 Å². The Morgan fingerprint density at radius 2 is 2.04 bits per heavy atom. The molecular weight excluding hydrogens is 340 g/mol. The van der Waals surface area contributed by atoms with Crippen LogP contribution in [-0.4, -0.2) is 24.6 Å². The predicted octanol–water partition coefficient (Wildman–Crippen LogP) is 3.35. The molecule has 0 aliphatic rings. The third kappa shape index (κ3) is 5.94. The lowest BCUT2D eigenvalue weighted by Crippen LogP contribution is -2.30. The zero-order valence-corrected chi connectivity index (χ0v) is 14.5. The van der Waals surface area contributed by atoms with Crippen molar-refractivity contribution in [2.45, 2.75) is 25.9 Å². The number of hydrogen-bond acceptors (Lipinski definition) is 6. The van der Waals surface area contributed by atoms with Crippen LogP contribution < -0.4 is 10.1 Å². The summed E-state index contributed by atoms with van der Waals surface area (Å²) in [5.41, 5.74) is 0.384. The number of rotatable bonds is 8. The fourth-order valence-electron chi connectivity index (χ4n) is 1.94. The number of carbonyl (C=O) groups is 2. The molecule has 7 heteroatoms. The maximum atomic E-state index is 12.0. The average Bonchev–Trinajstić information content (AvgIpc) is 3.06. The van der Waals surface area contributed by atoms with Crippen molar-refractivity contribution in [1.29, 1.82) is 5.26 Å². The molecule has 0 spiro atoms. The lowest BCUT2D eigenvalue weighted by molar-refractivity contribution is -0.153. The van der Waals surface area contributed by atoms with E-state index in [1.54, 1.807) is 11.4 Å². The highest BCUT2D eigenvalue weighted by Crippen LogP contribution is 2.22. The van der Waals surface area contributed by atoms with Crippen LogP contribution in [0, 0.1) is 11.3 Å². The highest BCUT2D eigenvalue weighted by Gasteiger charge is 2.19. The van der Waals surface area contributed by atoms with Crippen molar-refractivity contribution in [2.24, 2.45) is 0 Å². The van der Waals surface area contributed by atoms with Gasteiger partial charge in [-0.2, -0.15) is 5.26 Å². The lowest BCUT2D eigenvalue weighted by atomic mass is 10.3. The first-order chi connectivity index (χ1) is 12.1. The van der Waals surface area contributed by atoms with Crippen molar-refractivity contribution < 1.29 is 19.1 Å². The molecule has 6 nitrogen and oxygen atoms in total. The summed E-state index contributed by atoms with van der Waals surface area (Å²) in [6.45, 7) is 1.88. The summed E-state index contributed by atoms with van der Waals surface area (Å²) >= 11 is 1.24. The largest absolute Gasteiger partial charge is 0.494 e. The number of nitriles is 1. The summed E-state index contributed by atoms with van der Waals surface area (Å²) in [5, 5.41) is 13.7. The van der Waals surface area contributed by atoms with Gasteiger partial charge in [0.2, 0.25) is 0 Å². The van der Waals surface area contributed by atoms with Gasteiger partial charge in [0.25, 0.3) is 5.91 Å². The van der Waals surface area contributed by atoms with Crippen molar-refractivity contribution in [3.05, 3.63) is 47.3 Å². The van der Waals surface area contributed by atoms with Crippen molar-refractivity contribution in [3.63, 3.8) is 0 Å². The first-order valence-corrected chi connectivity index (χ1v) is 8.64. The Hall–Kier alpha value is -2.85. The van der Waals surface area contributed by atoms with Gasteiger partial charge in [0.15, 0.2) is 6.10 Å². The Morgan fingerprint density at radius 1 is 1.28 bits per heavy atom. The molecule has 2 rings (SSSR count). The fraction of sp³-hybridized carbons (Fsp3) is 0.278. The van der Waals surface area contributed by atoms with Gasteiger partial charge < -0.3 is 14.8 Å². The Balaban J connectivity index is 1.69. The SMILES string of the molecule is C[C@H](OC(=O)CCCOc1ccccc1)C(=O)Nc1sccc1C#N. The van der Waals surface area contributed by atoms with E-state index in [-0.39, 0.29) is 6.42 Å². The van der Waals surface area contributed by atoms with Crippen LogP contribution in [0.5, 0.6) is 5.75 Å². The zero-order valence-electron chi connectivity index (χ0n) is 13.7. The van der Waals surface area contributed by atoms with E-state index < -0.39 is 18.0 Å². The van der Waals surface area contributed by atoms with Gasteiger partial charge in [-0.1, -0.05) is 18.2 Å². The number of amides is 1. The van der Waals surface area contributed by atoms with Gasteiger partial charge in [-0.15, -0.1) is 11.3 Å². The molecule has 0 bridgehead atoms. The smallest absolute Gasteiger partial charge is 0.306 e. The second kappa shape index (κ2) is 9.45. The van der Waals surface area contributed by atoms with Gasteiger partial charge in [-0.05, 0) is 36.9 Å². The normalized spacial score (nSPS) is 11.2. The van der Waals surface area contributed by atoms with Crippen molar-refractivity contribution in [3.8, 4) is 11.8 Å². The molecule has 1 heterocycles. The molecule has 0 saturated heterocycles. The van der Waals surface area contributed by atoms with E-state index in [0.717, 1.165) is 5.75 Å². The number of thiophene rings is 1. The number of nitrogens with one attached hydrogen (secondary N) is 1.